The zero-order chi connectivity index (χ0) is 31.6. The van der Waals surface area contributed by atoms with E-state index in [1.54, 1.807) is 43.9 Å². The quantitative estimate of drug-likeness (QED) is 0.321. The summed E-state index contributed by atoms with van der Waals surface area (Å²) in [5, 5.41) is 3.04. The highest BCUT2D eigenvalue weighted by Crippen LogP contribution is 2.45. The molecule has 2 heterocycles. The molecule has 1 N–H and O–H groups in total. The van der Waals surface area contributed by atoms with Crippen molar-refractivity contribution in [3.8, 4) is 11.5 Å². The van der Waals surface area contributed by atoms with Gasteiger partial charge in [-0.1, -0.05) is 65.8 Å². The maximum absolute atomic E-state index is 13.8. The van der Waals surface area contributed by atoms with Gasteiger partial charge in [-0.05, 0) is 69.2 Å². The number of amidine groups is 1. The maximum atomic E-state index is 13.8. The van der Waals surface area contributed by atoms with Gasteiger partial charge in [-0.3, -0.25) is 4.79 Å². The van der Waals surface area contributed by atoms with Crippen molar-refractivity contribution in [1.82, 2.24) is 5.32 Å². The number of fused-ring (bicyclic) bond motifs is 1. The Labute approximate surface area is 266 Å². The number of nitrogens with one attached hydrogen (secondary N) is 1. The Bertz CT molecular complexity index is 1690. The molecule has 2 amide bonds. The molecular formula is C32H34ClN3O6S2. The Morgan fingerprint density at radius 3 is 2.52 bits per heavy atom. The highest BCUT2D eigenvalue weighted by Gasteiger charge is 2.50. The van der Waals surface area contributed by atoms with Gasteiger partial charge in [0.2, 0.25) is 0 Å². The predicted octanol–water partition coefficient (Wildman–Crippen LogP) is 6.18. The number of rotatable bonds is 7. The number of hydrogen-bond acceptors (Lipinski definition) is 7. The van der Waals surface area contributed by atoms with Gasteiger partial charge in [0.05, 0.1) is 23.2 Å². The van der Waals surface area contributed by atoms with Crippen molar-refractivity contribution in [2.24, 2.45) is 4.99 Å². The Morgan fingerprint density at radius 2 is 1.82 bits per heavy atom. The first-order valence-corrected chi connectivity index (χ1v) is 17.2. The number of alkyl carbamates (subject to hydrolysis) is 1. The SMILES string of the molecule is Cc1cccc(Oc2ccc(Cl)cc2N2C(=NC(=O)[C@H](Cc3ccccc3)NC(=O)OC(C)(C)C)S[C@H]3CS(=O)(=O)C[C@H]32)c1. The molecule has 0 saturated carbocycles. The average Bonchev–Trinajstić information content (AvgIpc) is 3.39. The number of hydrogen-bond donors (Lipinski definition) is 1. The van der Waals surface area contributed by atoms with Crippen LogP contribution >= 0.6 is 23.4 Å². The Kier molecular flexibility index (Phi) is 9.29. The fourth-order valence-corrected chi connectivity index (χ4v) is 9.17. The number of halogens is 1. The summed E-state index contributed by atoms with van der Waals surface area (Å²) in [6.45, 7) is 7.17. The van der Waals surface area contributed by atoms with Gasteiger partial charge in [0.25, 0.3) is 5.91 Å². The van der Waals surface area contributed by atoms with Crippen LogP contribution in [0.2, 0.25) is 5.02 Å². The van der Waals surface area contributed by atoms with E-state index in [1.807, 2.05) is 61.5 Å². The van der Waals surface area contributed by atoms with Crippen LogP contribution in [0.3, 0.4) is 0 Å². The summed E-state index contributed by atoms with van der Waals surface area (Å²) in [4.78, 5) is 32.8. The van der Waals surface area contributed by atoms with E-state index in [4.69, 9.17) is 21.1 Å². The number of nitrogens with zero attached hydrogens (tertiary/aromatic N) is 2. The first-order chi connectivity index (χ1) is 20.8. The van der Waals surface area contributed by atoms with Gasteiger partial charge in [0, 0.05) is 16.7 Å². The Hall–Kier alpha value is -3.54. The third-order valence-electron chi connectivity index (χ3n) is 6.94. The summed E-state index contributed by atoms with van der Waals surface area (Å²) in [6, 6.07) is 20.4. The molecule has 0 spiro atoms. The summed E-state index contributed by atoms with van der Waals surface area (Å²) in [5.74, 6) is 0.258. The topological polar surface area (TPSA) is 114 Å². The molecule has 5 rings (SSSR count). The van der Waals surface area contributed by atoms with Crippen molar-refractivity contribution in [3.05, 3.63) is 88.9 Å². The third-order valence-corrected chi connectivity index (χ3v) is 10.4. The second kappa shape index (κ2) is 12.8. The maximum Gasteiger partial charge on any atom is 0.408 e. The molecule has 0 aliphatic carbocycles. The lowest BCUT2D eigenvalue weighted by atomic mass is 10.1. The van der Waals surface area contributed by atoms with Crippen LogP contribution in [0.5, 0.6) is 11.5 Å². The van der Waals surface area contributed by atoms with E-state index in [-0.39, 0.29) is 23.2 Å². The minimum absolute atomic E-state index is 0.0513. The van der Waals surface area contributed by atoms with Gasteiger partial charge in [0.1, 0.15) is 17.4 Å². The molecule has 3 atom stereocenters. The van der Waals surface area contributed by atoms with Gasteiger partial charge >= 0.3 is 6.09 Å². The molecule has 2 saturated heterocycles. The van der Waals surface area contributed by atoms with Crippen molar-refractivity contribution in [2.75, 3.05) is 16.4 Å². The van der Waals surface area contributed by atoms with Crippen LogP contribution in [0, 0.1) is 6.92 Å². The number of carbonyl (C=O) groups excluding carboxylic acids is 2. The molecular weight excluding hydrogens is 622 g/mol. The number of aryl methyl sites for hydroxylation is 1. The lowest BCUT2D eigenvalue weighted by Gasteiger charge is -2.27. The lowest BCUT2D eigenvalue weighted by molar-refractivity contribution is -0.119. The molecule has 232 valence electrons. The second-order valence-electron chi connectivity index (χ2n) is 11.8. The van der Waals surface area contributed by atoms with Crippen LogP contribution in [0.1, 0.15) is 31.9 Å². The minimum atomic E-state index is -3.33. The molecule has 0 unspecified atom stereocenters. The number of sulfone groups is 1. The Balaban J connectivity index is 1.53. The minimum Gasteiger partial charge on any atom is -0.455 e. The first-order valence-electron chi connectivity index (χ1n) is 14.1. The molecule has 2 aliphatic rings. The fourth-order valence-electron chi connectivity index (χ4n) is 5.09. The van der Waals surface area contributed by atoms with E-state index in [0.29, 0.717) is 27.4 Å². The lowest BCUT2D eigenvalue weighted by Crippen LogP contribution is -2.45. The molecule has 44 heavy (non-hydrogen) atoms. The summed E-state index contributed by atoms with van der Waals surface area (Å²) < 4.78 is 37.1. The van der Waals surface area contributed by atoms with Crippen LogP contribution < -0.4 is 15.0 Å². The summed E-state index contributed by atoms with van der Waals surface area (Å²) in [5.41, 5.74) is 1.55. The molecule has 2 fully saturated rings. The zero-order valence-corrected chi connectivity index (χ0v) is 27.2. The molecule has 0 aromatic heterocycles. The fraction of sp³-hybridized carbons (Fsp3) is 0.344. The molecule has 2 aliphatic heterocycles. The van der Waals surface area contributed by atoms with Crippen LogP contribution in [-0.4, -0.2) is 60.0 Å². The van der Waals surface area contributed by atoms with Crippen molar-refractivity contribution < 1.29 is 27.5 Å². The number of carbonyl (C=O) groups is 2. The average molecular weight is 656 g/mol. The zero-order valence-electron chi connectivity index (χ0n) is 24.8. The highest BCUT2D eigenvalue weighted by molar-refractivity contribution is 8.16. The van der Waals surface area contributed by atoms with Crippen molar-refractivity contribution in [1.29, 1.82) is 0 Å². The number of benzene rings is 3. The van der Waals surface area contributed by atoms with E-state index < -0.39 is 39.5 Å². The molecule has 3 aromatic rings. The normalized spacial score (nSPS) is 20.7. The summed E-state index contributed by atoms with van der Waals surface area (Å²) in [6.07, 6.45) is -0.560. The predicted molar refractivity (Wildman–Crippen MR) is 175 cm³/mol. The van der Waals surface area contributed by atoms with Crippen LogP contribution in [-0.2, 0) is 25.8 Å². The second-order valence-corrected chi connectivity index (χ2v) is 15.6. The van der Waals surface area contributed by atoms with Gasteiger partial charge in [-0.25, -0.2) is 13.2 Å². The largest absolute Gasteiger partial charge is 0.455 e. The van der Waals surface area contributed by atoms with Gasteiger partial charge < -0.3 is 19.7 Å². The summed E-state index contributed by atoms with van der Waals surface area (Å²) in [7, 11) is -3.33. The van der Waals surface area contributed by atoms with Crippen molar-refractivity contribution >= 4 is 56.1 Å². The summed E-state index contributed by atoms with van der Waals surface area (Å²) >= 11 is 7.68. The van der Waals surface area contributed by atoms with E-state index in [2.05, 4.69) is 10.3 Å². The van der Waals surface area contributed by atoms with E-state index in [9.17, 15) is 18.0 Å². The van der Waals surface area contributed by atoms with Crippen LogP contribution in [0.4, 0.5) is 10.5 Å². The van der Waals surface area contributed by atoms with Crippen LogP contribution in [0.15, 0.2) is 77.8 Å². The van der Waals surface area contributed by atoms with E-state index in [1.165, 1.54) is 11.8 Å². The first kappa shape index (κ1) is 31.9. The van der Waals surface area contributed by atoms with Gasteiger partial charge in [0.15, 0.2) is 20.8 Å². The van der Waals surface area contributed by atoms with E-state index in [0.717, 1.165) is 11.1 Å². The number of anilines is 1. The van der Waals surface area contributed by atoms with Crippen molar-refractivity contribution in [2.45, 2.75) is 57.1 Å². The molecule has 0 radical (unpaired) electrons. The Morgan fingerprint density at radius 1 is 1.07 bits per heavy atom. The van der Waals surface area contributed by atoms with Gasteiger partial charge in [-0.15, -0.1) is 0 Å². The van der Waals surface area contributed by atoms with Crippen LogP contribution in [0.25, 0.3) is 0 Å². The molecule has 3 aromatic carbocycles. The van der Waals surface area contributed by atoms with Crippen molar-refractivity contribution in [3.63, 3.8) is 0 Å². The molecule has 12 heteroatoms. The smallest absolute Gasteiger partial charge is 0.408 e. The standard InChI is InChI=1S/C32H34ClN3O6S2/c1-20-9-8-12-23(15-20)41-27-14-13-22(33)17-25(27)36-26-18-44(39,40)19-28(26)43-30(36)35-29(37)24(16-21-10-6-5-7-11-21)34-31(38)42-32(2,3)4/h5-15,17,24,26,28H,16,18-19H2,1-4H3,(H,34,38)/t24-,26+,28-/m0/s1. The van der Waals surface area contributed by atoms with E-state index >= 15 is 0 Å². The third kappa shape index (κ3) is 7.94. The van der Waals surface area contributed by atoms with Gasteiger partial charge in [-0.2, -0.15) is 4.99 Å². The number of ether oxygens (including phenoxy) is 2. The molecule has 0 bridgehead atoms. The molecule has 9 nitrogen and oxygen atoms in total. The number of amides is 2. The number of aliphatic imine (C=N–C) groups is 1. The monoisotopic (exact) mass is 655 g/mol. The number of thioether (sulfide) groups is 1. The highest BCUT2D eigenvalue weighted by atomic mass is 35.5.